The van der Waals surface area contributed by atoms with Gasteiger partial charge < -0.3 is 5.11 Å². The molecule has 1 aliphatic heterocycles. The number of hydrogen-bond donors (Lipinski definition) is 2. The minimum Gasteiger partial charge on any atom is -0.369 e. The maximum Gasteiger partial charge on any atom is 0.294 e. The zero-order chi connectivity index (χ0) is 19.8. The lowest BCUT2D eigenvalue weighted by atomic mass is 10.2. The highest BCUT2D eigenvalue weighted by molar-refractivity contribution is 7.85. The molecule has 0 fully saturated rings. The fourth-order valence-corrected chi connectivity index (χ4v) is 3.22. The fraction of sp³-hybridized carbons (Fsp3) is 0.188. The van der Waals surface area contributed by atoms with Gasteiger partial charge in [0, 0.05) is 5.02 Å². The van der Waals surface area contributed by atoms with Crippen molar-refractivity contribution in [1.29, 1.82) is 0 Å². The minimum absolute atomic E-state index is 0.0386. The lowest BCUT2D eigenvalue weighted by molar-refractivity contribution is 0.170. The summed E-state index contributed by atoms with van der Waals surface area (Å²) < 4.78 is 31.6. The van der Waals surface area contributed by atoms with Gasteiger partial charge in [0.1, 0.15) is 5.69 Å². The van der Waals surface area contributed by atoms with E-state index in [9.17, 15) is 13.5 Å². The molecule has 0 radical (unpaired) electrons. The Kier molecular flexibility index (Phi) is 5.50. The van der Waals surface area contributed by atoms with Gasteiger partial charge in [-0.3, -0.25) is 4.55 Å². The van der Waals surface area contributed by atoms with Gasteiger partial charge in [0.2, 0.25) is 0 Å². The Morgan fingerprint density at radius 3 is 2.44 bits per heavy atom. The van der Waals surface area contributed by atoms with Crippen LogP contribution in [-0.2, 0) is 10.1 Å². The SMILES string of the molecule is CC1=NN(c2ccc(Cl)cc2)C(O)C1N=Nc1cc(S(=O)(=O)O)ccc1Cl. The molecule has 2 aromatic carbocycles. The summed E-state index contributed by atoms with van der Waals surface area (Å²) in [5.41, 5.74) is 1.16. The summed E-state index contributed by atoms with van der Waals surface area (Å²) in [5, 5.41) is 24.9. The Hall–Kier alpha value is -2.04. The Morgan fingerprint density at radius 1 is 1.15 bits per heavy atom. The van der Waals surface area contributed by atoms with E-state index in [0.717, 1.165) is 12.1 Å². The molecule has 8 nitrogen and oxygen atoms in total. The van der Waals surface area contributed by atoms with Crippen molar-refractivity contribution in [2.45, 2.75) is 24.1 Å². The van der Waals surface area contributed by atoms with E-state index in [-0.39, 0.29) is 15.6 Å². The summed E-state index contributed by atoms with van der Waals surface area (Å²) in [6.45, 7) is 1.68. The second-order valence-electron chi connectivity index (χ2n) is 5.72. The highest BCUT2D eigenvalue weighted by atomic mass is 35.5. The second kappa shape index (κ2) is 7.53. The number of hydrazone groups is 1. The van der Waals surface area contributed by atoms with E-state index in [0.29, 0.717) is 16.4 Å². The van der Waals surface area contributed by atoms with Crippen molar-refractivity contribution in [2.24, 2.45) is 15.3 Å². The molecule has 27 heavy (non-hydrogen) atoms. The standard InChI is InChI=1S/C16H14Cl2N4O4S/c1-9-15(16(23)22(21-9)11-4-2-10(17)3-5-11)20-19-14-8-12(27(24,25)26)6-7-13(14)18/h2-8,15-16,23H,1H3,(H,24,25,26). The van der Waals surface area contributed by atoms with Crippen molar-refractivity contribution >= 4 is 50.4 Å². The molecule has 0 saturated heterocycles. The number of aliphatic hydroxyl groups excluding tert-OH is 1. The summed E-state index contributed by atoms with van der Waals surface area (Å²) in [4.78, 5) is -0.360. The Balaban J connectivity index is 1.86. The van der Waals surface area contributed by atoms with Gasteiger partial charge in [-0.2, -0.15) is 23.7 Å². The zero-order valence-corrected chi connectivity index (χ0v) is 16.2. The number of aliphatic hydroxyl groups is 1. The first-order valence-electron chi connectivity index (χ1n) is 7.62. The van der Waals surface area contributed by atoms with Crippen LogP contribution in [0.4, 0.5) is 11.4 Å². The van der Waals surface area contributed by atoms with Crippen LogP contribution in [0.3, 0.4) is 0 Å². The van der Waals surface area contributed by atoms with Gasteiger partial charge in [-0.15, -0.1) is 0 Å². The van der Waals surface area contributed by atoms with Crippen LogP contribution in [0, 0.1) is 0 Å². The molecule has 2 N–H and O–H groups in total. The third-order valence-electron chi connectivity index (χ3n) is 3.82. The van der Waals surface area contributed by atoms with Crippen LogP contribution in [0.2, 0.25) is 10.0 Å². The molecular formula is C16H14Cl2N4O4S. The molecule has 11 heteroatoms. The molecule has 1 aliphatic rings. The smallest absolute Gasteiger partial charge is 0.294 e. The summed E-state index contributed by atoms with van der Waals surface area (Å²) in [5.74, 6) is 0. The second-order valence-corrected chi connectivity index (χ2v) is 7.99. The lowest BCUT2D eigenvalue weighted by Crippen LogP contribution is -2.35. The summed E-state index contributed by atoms with van der Waals surface area (Å²) >= 11 is 11.9. The molecule has 0 spiro atoms. The lowest BCUT2D eigenvalue weighted by Gasteiger charge is -2.20. The molecule has 0 amide bonds. The van der Waals surface area contributed by atoms with Crippen LogP contribution in [-0.4, -0.2) is 36.1 Å². The van der Waals surface area contributed by atoms with Crippen LogP contribution in [0.15, 0.2) is 62.7 Å². The Bertz CT molecular complexity index is 1030. The predicted octanol–water partition coefficient (Wildman–Crippen LogP) is 3.91. The van der Waals surface area contributed by atoms with Crippen molar-refractivity contribution in [3.63, 3.8) is 0 Å². The van der Waals surface area contributed by atoms with Crippen molar-refractivity contribution in [1.82, 2.24) is 0 Å². The normalized spacial score (nSPS) is 20.3. The summed E-state index contributed by atoms with van der Waals surface area (Å²) in [6, 6.07) is 9.48. The number of nitrogens with zero attached hydrogens (tertiary/aromatic N) is 4. The molecule has 0 aliphatic carbocycles. The van der Waals surface area contributed by atoms with Crippen LogP contribution in [0.5, 0.6) is 0 Å². The van der Waals surface area contributed by atoms with E-state index in [1.165, 1.54) is 11.1 Å². The molecule has 1 heterocycles. The number of hydrogen-bond acceptors (Lipinski definition) is 7. The van der Waals surface area contributed by atoms with Gasteiger partial charge >= 0.3 is 0 Å². The van der Waals surface area contributed by atoms with E-state index in [4.69, 9.17) is 27.8 Å². The first kappa shape index (κ1) is 19.7. The third-order valence-corrected chi connectivity index (χ3v) is 5.24. The molecule has 2 unspecified atom stereocenters. The van der Waals surface area contributed by atoms with E-state index in [1.54, 1.807) is 31.2 Å². The van der Waals surface area contributed by atoms with Gasteiger partial charge in [0.05, 0.1) is 21.3 Å². The first-order valence-corrected chi connectivity index (χ1v) is 9.82. The third kappa shape index (κ3) is 4.28. The molecule has 0 aromatic heterocycles. The van der Waals surface area contributed by atoms with Gasteiger partial charge in [0.15, 0.2) is 12.3 Å². The first-order chi connectivity index (χ1) is 12.7. The summed E-state index contributed by atoms with van der Waals surface area (Å²) in [6.07, 6.45) is -1.11. The highest BCUT2D eigenvalue weighted by Crippen LogP contribution is 2.30. The molecule has 2 aromatic rings. The number of azo groups is 1. The van der Waals surface area contributed by atoms with Gasteiger partial charge in [-0.1, -0.05) is 23.2 Å². The largest absolute Gasteiger partial charge is 0.369 e. The van der Waals surface area contributed by atoms with Crippen LogP contribution >= 0.6 is 23.2 Å². The number of halogens is 2. The van der Waals surface area contributed by atoms with E-state index >= 15 is 0 Å². The zero-order valence-electron chi connectivity index (χ0n) is 13.9. The fourth-order valence-electron chi connectivity index (χ4n) is 2.44. The van der Waals surface area contributed by atoms with Crippen molar-refractivity contribution < 1.29 is 18.1 Å². The molecule has 142 valence electrons. The van der Waals surface area contributed by atoms with Crippen molar-refractivity contribution in [3.05, 3.63) is 52.5 Å². The van der Waals surface area contributed by atoms with Gasteiger partial charge in [-0.05, 0) is 49.4 Å². The topological polar surface area (TPSA) is 115 Å². The predicted molar refractivity (Wildman–Crippen MR) is 103 cm³/mol. The van der Waals surface area contributed by atoms with E-state index < -0.39 is 22.4 Å². The molecule has 2 atom stereocenters. The number of benzene rings is 2. The minimum atomic E-state index is -4.40. The summed E-state index contributed by atoms with van der Waals surface area (Å²) in [7, 11) is -4.40. The molecular weight excluding hydrogens is 415 g/mol. The van der Waals surface area contributed by atoms with Crippen molar-refractivity contribution in [3.8, 4) is 0 Å². The van der Waals surface area contributed by atoms with E-state index in [2.05, 4.69) is 15.3 Å². The monoisotopic (exact) mass is 428 g/mol. The van der Waals surface area contributed by atoms with Crippen LogP contribution in [0.25, 0.3) is 0 Å². The average molecular weight is 429 g/mol. The number of rotatable bonds is 4. The van der Waals surface area contributed by atoms with Gasteiger partial charge in [0.25, 0.3) is 10.1 Å². The van der Waals surface area contributed by atoms with Gasteiger partial charge in [-0.25, -0.2) is 5.01 Å². The highest BCUT2D eigenvalue weighted by Gasteiger charge is 2.35. The quantitative estimate of drug-likeness (QED) is 0.565. The maximum atomic E-state index is 11.2. The van der Waals surface area contributed by atoms with E-state index in [1.807, 2.05) is 0 Å². The Morgan fingerprint density at radius 2 is 1.81 bits per heavy atom. The number of anilines is 1. The molecule has 3 rings (SSSR count). The maximum absolute atomic E-state index is 11.2. The van der Waals surface area contributed by atoms with Crippen molar-refractivity contribution in [2.75, 3.05) is 5.01 Å². The average Bonchev–Trinajstić information content (AvgIpc) is 2.88. The Labute approximate surface area is 165 Å². The van der Waals surface area contributed by atoms with Crippen LogP contribution in [0.1, 0.15) is 6.92 Å². The molecule has 0 saturated carbocycles. The molecule has 0 bridgehead atoms. The van der Waals surface area contributed by atoms with Crippen LogP contribution < -0.4 is 5.01 Å².